The number of nitrogen functional groups attached to an aromatic ring is 1. The van der Waals surface area contributed by atoms with Gasteiger partial charge in [0.05, 0.1) is 18.4 Å². The number of anilines is 1. The summed E-state index contributed by atoms with van der Waals surface area (Å²) in [4.78, 5) is 23.4. The molecule has 0 saturated heterocycles. The molecule has 21 heavy (non-hydrogen) atoms. The maximum Gasteiger partial charge on any atom is 0.253 e. The fourth-order valence-electron chi connectivity index (χ4n) is 2.71. The highest BCUT2D eigenvalue weighted by molar-refractivity contribution is 6.00. The van der Waals surface area contributed by atoms with Crippen molar-refractivity contribution in [2.45, 2.75) is 31.7 Å². The van der Waals surface area contributed by atoms with Crippen LogP contribution in [-0.2, 0) is 4.79 Å². The molecule has 2 rings (SSSR count). The van der Waals surface area contributed by atoms with Crippen LogP contribution in [0.1, 0.15) is 36.0 Å². The predicted octanol–water partition coefficient (Wildman–Crippen LogP) is 1.05. The van der Waals surface area contributed by atoms with Gasteiger partial charge in [0.15, 0.2) is 0 Å². The maximum absolute atomic E-state index is 12.3. The molecular formula is C15H21N3O3. The number of benzene rings is 1. The number of carbonyl (C=O) groups excluding carboxylic acids is 2. The largest absolute Gasteiger partial charge is 0.495 e. The first-order chi connectivity index (χ1) is 10.0. The van der Waals surface area contributed by atoms with Crippen LogP contribution in [0.5, 0.6) is 5.75 Å². The highest BCUT2D eigenvalue weighted by Crippen LogP contribution is 2.27. The Morgan fingerprint density at radius 2 is 1.90 bits per heavy atom. The van der Waals surface area contributed by atoms with Crippen LogP contribution in [0.2, 0.25) is 0 Å². The van der Waals surface area contributed by atoms with Crippen molar-refractivity contribution < 1.29 is 14.3 Å². The Bertz CT molecular complexity index is 537. The number of carbonyl (C=O) groups is 2. The third-order valence-electron chi connectivity index (χ3n) is 4.00. The van der Waals surface area contributed by atoms with E-state index in [0.29, 0.717) is 29.8 Å². The Morgan fingerprint density at radius 3 is 2.48 bits per heavy atom. The van der Waals surface area contributed by atoms with Crippen LogP contribution in [-0.4, -0.2) is 25.0 Å². The molecule has 1 aromatic carbocycles. The molecule has 114 valence electrons. The van der Waals surface area contributed by atoms with Gasteiger partial charge in [0.2, 0.25) is 5.91 Å². The van der Waals surface area contributed by atoms with Gasteiger partial charge in [-0.3, -0.25) is 9.59 Å². The van der Waals surface area contributed by atoms with Crippen LogP contribution in [0.15, 0.2) is 18.2 Å². The third kappa shape index (κ3) is 3.45. The van der Waals surface area contributed by atoms with E-state index in [2.05, 4.69) is 5.32 Å². The van der Waals surface area contributed by atoms with Gasteiger partial charge in [0.25, 0.3) is 5.91 Å². The molecule has 6 nitrogen and oxygen atoms in total. The number of nitrogens with one attached hydrogen (secondary N) is 1. The summed E-state index contributed by atoms with van der Waals surface area (Å²) in [6, 6.07) is 5.17. The van der Waals surface area contributed by atoms with Crippen LogP contribution in [0.25, 0.3) is 0 Å². The first-order valence-electron chi connectivity index (χ1n) is 7.05. The second-order valence-electron chi connectivity index (χ2n) is 5.35. The van der Waals surface area contributed by atoms with Crippen molar-refractivity contribution >= 4 is 17.5 Å². The minimum absolute atomic E-state index is 0.0544. The predicted molar refractivity (Wildman–Crippen MR) is 79.8 cm³/mol. The summed E-state index contributed by atoms with van der Waals surface area (Å²) in [6.07, 6.45) is 2.94. The fraction of sp³-hybridized carbons (Fsp3) is 0.467. The number of hydrogen-bond donors (Lipinski definition) is 3. The highest BCUT2D eigenvalue weighted by atomic mass is 16.5. The van der Waals surface area contributed by atoms with E-state index in [-0.39, 0.29) is 23.8 Å². The molecule has 5 N–H and O–H groups in total. The number of amides is 2. The lowest BCUT2D eigenvalue weighted by Gasteiger charge is -2.27. The summed E-state index contributed by atoms with van der Waals surface area (Å²) in [6.45, 7) is 0. The maximum atomic E-state index is 12.3. The first kappa shape index (κ1) is 15.2. The molecule has 0 bridgehead atoms. The lowest BCUT2D eigenvalue weighted by atomic mass is 9.85. The molecule has 0 aliphatic heterocycles. The minimum atomic E-state index is -0.253. The van der Waals surface area contributed by atoms with E-state index < -0.39 is 0 Å². The zero-order valence-electron chi connectivity index (χ0n) is 12.1. The SMILES string of the molecule is COc1cccc(C(=O)NC2CCC(C(N)=O)CC2)c1N. The molecule has 1 aromatic rings. The Labute approximate surface area is 123 Å². The van der Waals surface area contributed by atoms with Gasteiger partial charge in [0, 0.05) is 12.0 Å². The average molecular weight is 291 g/mol. The van der Waals surface area contributed by atoms with Crippen LogP contribution < -0.4 is 21.5 Å². The quantitative estimate of drug-likeness (QED) is 0.721. The summed E-state index contributed by atoms with van der Waals surface area (Å²) >= 11 is 0. The van der Waals surface area contributed by atoms with Crippen LogP contribution in [0.4, 0.5) is 5.69 Å². The lowest BCUT2D eigenvalue weighted by molar-refractivity contribution is -0.122. The Hall–Kier alpha value is -2.24. The highest BCUT2D eigenvalue weighted by Gasteiger charge is 2.26. The second kappa shape index (κ2) is 6.47. The van der Waals surface area contributed by atoms with Crippen LogP contribution in [0.3, 0.4) is 0 Å². The molecule has 0 spiro atoms. The van der Waals surface area contributed by atoms with E-state index in [4.69, 9.17) is 16.2 Å². The Kier molecular flexibility index (Phi) is 4.67. The van der Waals surface area contributed by atoms with Crippen molar-refractivity contribution in [2.75, 3.05) is 12.8 Å². The summed E-state index contributed by atoms with van der Waals surface area (Å²) in [5.41, 5.74) is 12.0. The van der Waals surface area contributed by atoms with Crippen molar-refractivity contribution in [2.24, 2.45) is 11.7 Å². The number of rotatable bonds is 4. The fourth-order valence-corrected chi connectivity index (χ4v) is 2.71. The molecule has 1 aliphatic carbocycles. The molecule has 2 amide bonds. The van der Waals surface area contributed by atoms with E-state index in [1.54, 1.807) is 18.2 Å². The van der Waals surface area contributed by atoms with Gasteiger partial charge >= 0.3 is 0 Å². The van der Waals surface area contributed by atoms with E-state index in [1.807, 2.05) is 0 Å². The van der Waals surface area contributed by atoms with Crippen molar-refractivity contribution in [3.63, 3.8) is 0 Å². The smallest absolute Gasteiger partial charge is 0.253 e. The van der Waals surface area contributed by atoms with Crippen molar-refractivity contribution in [3.05, 3.63) is 23.8 Å². The van der Waals surface area contributed by atoms with Crippen molar-refractivity contribution in [1.29, 1.82) is 0 Å². The monoisotopic (exact) mass is 291 g/mol. The van der Waals surface area contributed by atoms with Crippen LogP contribution in [0, 0.1) is 5.92 Å². The van der Waals surface area contributed by atoms with E-state index in [9.17, 15) is 9.59 Å². The van der Waals surface area contributed by atoms with Gasteiger partial charge < -0.3 is 21.5 Å². The van der Waals surface area contributed by atoms with E-state index in [0.717, 1.165) is 12.8 Å². The van der Waals surface area contributed by atoms with Gasteiger partial charge in [-0.05, 0) is 37.8 Å². The number of primary amides is 1. The summed E-state index contributed by atoms with van der Waals surface area (Å²) in [5, 5.41) is 2.96. The topological polar surface area (TPSA) is 107 Å². The zero-order chi connectivity index (χ0) is 15.4. The van der Waals surface area contributed by atoms with E-state index >= 15 is 0 Å². The first-order valence-corrected chi connectivity index (χ1v) is 7.05. The number of methoxy groups -OCH3 is 1. The van der Waals surface area contributed by atoms with Gasteiger partial charge in [-0.2, -0.15) is 0 Å². The number of para-hydroxylation sites is 1. The zero-order valence-corrected chi connectivity index (χ0v) is 12.1. The van der Waals surface area contributed by atoms with Gasteiger partial charge in [-0.15, -0.1) is 0 Å². The van der Waals surface area contributed by atoms with E-state index in [1.165, 1.54) is 7.11 Å². The summed E-state index contributed by atoms with van der Waals surface area (Å²) < 4.78 is 5.11. The summed E-state index contributed by atoms with van der Waals surface area (Å²) in [5.74, 6) is -0.0501. The van der Waals surface area contributed by atoms with Crippen molar-refractivity contribution in [3.8, 4) is 5.75 Å². The normalized spacial score (nSPS) is 21.6. The van der Waals surface area contributed by atoms with Crippen LogP contribution >= 0.6 is 0 Å². The molecule has 1 fully saturated rings. The van der Waals surface area contributed by atoms with Gasteiger partial charge in [0.1, 0.15) is 5.75 Å². The molecule has 0 aromatic heterocycles. The molecule has 0 radical (unpaired) electrons. The van der Waals surface area contributed by atoms with Gasteiger partial charge in [-0.25, -0.2) is 0 Å². The molecule has 0 atom stereocenters. The molecule has 0 heterocycles. The molecule has 1 aliphatic rings. The Balaban J connectivity index is 1.98. The minimum Gasteiger partial charge on any atom is -0.495 e. The summed E-state index contributed by atoms with van der Waals surface area (Å²) in [7, 11) is 1.51. The standard InChI is InChI=1S/C15H21N3O3/c1-21-12-4-2-3-11(13(12)16)15(20)18-10-7-5-9(6-8-10)14(17)19/h2-4,9-10H,5-8,16H2,1H3,(H2,17,19)(H,18,20). The Morgan fingerprint density at radius 1 is 1.24 bits per heavy atom. The number of ether oxygens (including phenoxy) is 1. The molecule has 0 unspecified atom stereocenters. The third-order valence-corrected chi connectivity index (χ3v) is 4.00. The second-order valence-corrected chi connectivity index (χ2v) is 5.35. The molecule has 1 saturated carbocycles. The number of nitrogens with two attached hydrogens (primary N) is 2. The van der Waals surface area contributed by atoms with Crippen molar-refractivity contribution in [1.82, 2.24) is 5.32 Å². The average Bonchev–Trinajstić information content (AvgIpc) is 2.48. The molecule has 6 heteroatoms. The number of hydrogen-bond acceptors (Lipinski definition) is 4. The van der Waals surface area contributed by atoms with Gasteiger partial charge in [-0.1, -0.05) is 6.07 Å². The lowest BCUT2D eigenvalue weighted by Crippen LogP contribution is -2.40. The molecular weight excluding hydrogens is 270 g/mol.